The Kier molecular flexibility index (Phi) is 8.63. The van der Waals surface area contributed by atoms with Crippen LogP contribution in [-0.2, 0) is 28.1 Å². The first kappa shape index (κ1) is 42.3. The van der Waals surface area contributed by atoms with E-state index in [4.69, 9.17) is 0 Å². The Morgan fingerprint density at radius 2 is 1.10 bits per heavy atom. The Balaban J connectivity index is 1.14. The first-order valence-corrected chi connectivity index (χ1v) is 26.4. The number of unbranched alkanes of at least 4 members (excludes halogenated alkanes) is 2. The van der Waals surface area contributed by atoms with E-state index in [9.17, 15) is 0 Å². The number of para-hydroxylation sites is 1. The Morgan fingerprint density at radius 3 is 1.80 bits per heavy atom. The lowest BCUT2D eigenvalue weighted by Crippen LogP contribution is -2.60. The first-order chi connectivity index (χ1) is 33.7. The maximum Gasteiger partial charge on any atom is 0.333 e. The quantitative estimate of drug-likeness (QED) is 0.119. The second-order valence-corrected chi connectivity index (χ2v) is 24.1. The van der Waals surface area contributed by atoms with Crippen LogP contribution in [0, 0.1) is 0 Å². The molecular weight excluding hydrogens is 844 g/mol. The van der Waals surface area contributed by atoms with Crippen molar-refractivity contribution in [3.8, 4) is 50.2 Å². The molecular formula is C67H63BN2. The summed E-state index contributed by atoms with van der Waals surface area (Å²) in [5.41, 5.74) is 30.0. The van der Waals surface area contributed by atoms with Gasteiger partial charge in [0.25, 0.3) is 0 Å². The monoisotopic (exact) mass is 907 g/mol. The number of benzene rings is 8. The lowest BCUT2D eigenvalue weighted by Gasteiger charge is -2.43. The van der Waals surface area contributed by atoms with Crippen LogP contribution >= 0.6 is 0 Å². The normalized spacial score (nSPS) is 17.4. The highest BCUT2D eigenvalue weighted by Gasteiger charge is 2.48. The maximum absolute atomic E-state index is 2.76. The van der Waals surface area contributed by atoms with Gasteiger partial charge in [0.1, 0.15) is 0 Å². The molecule has 5 aliphatic rings. The average molecular weight is 907 g/mol. The molecule has 0 radical (unpaired) electrons. The number of anilines is 2. The van der Waals surface area contributed by atoms with Gasteiger partial charge in [0.15, 0.2) is 0 Å². The zero-order chi connectivity index (χ0) is 47.8. The van der Waals surface area contributed by atoms with Crippen molar-refractivity contribution in [1.29, 1.82) is 0 Å². The van der Waals surface area contributed by atoms with Crippen molar-refractivity contribution in [1.82, 2.24) is 4.57 Å². The van der Waals surface area contributed by atoms with E-state index < -0.39 is 0 Å². The minimum atomic E-state index is -0.144. The summed E-state index contributed by atoms with van der Waals surface area (Å²) in [7, 11) is 0. The van der Waals surface area contributed by atoms with Crippen LogP contribution in [-0.4, -0.2) is 11.4 Å². The van der Waals surface area contributed by atoms with Crippen molar-refractivity contribution in [2.75, 3.05) is 4.81 Å². The third kappa shape index (κ3) is 5.53. The molecule has 344 valence electrons. The average Bonchev–Trinajstić information content (AvgIpc) is 3.91. The van der Waals surface area contributed by atoms with Gasteiger partial charge in [-0.1, -0.05) is 172 Å². The van der Waals surface area contributed by atoms with Crippen LogP contribution in [0.2, 0.25) is 0 Å². The summed E-state index contributed by atoms with van der Waals surface area (Å²) < 4.78 is 2.76. The zero-order valence-electron chi connectivity index (χ0n) is 42.6. The highest BCUT2D eigenvalue weighted by Crippen LogP contribution is 2.56. The molecule has 1 aromatic heterocycles. The molecule has 8 aromatic carbocycles. The van der Waals surface area contributed by atoms with Crippen molar-refractivity contribution < 1.29 is 0 Å². The van der Waals surface area contributed by atoms with E-state index in [1.165, 1.54) is 165 Å². The number of nitrogens with zero attached hydrogens (tertiary/aromatic N) is 2. The number of fused-ring (bicyclic) bond motifs is 15. The Hall–Kier alpha value is -6.58. The van der Waals surface area contributed by atoms with Gasteiger partial charge < -0.3 is 9.38 Å². The van der Waals surface area contributed by atoms with E-state index in [1.54, 1.807) is 0 Å². The number of hydrogen-bond donors (Lipinski definition) is 0. The van der Waals surface area contributed by atoms with E-state index in [0.29, 0.717) is 0 Å². The summed E-state index contributed by atoms with van der Waals surface area (Å²) in [6.45, 7) is 21.9. The largest absolute Gasteiger partial charge is 0.376 e. The minimum Gasteiger partial charge on any atom is -0.376 e. The summed E-state index contributed by atoms with van der Waals surface area (Å²) in [5, 5.41) is 2.75. The molecule has 3 heterocycles. The summed E-state index contributed by atoms with van der Waals surface area (Å²) >= 11 is 0. The third-order valence-electron chi connectivity index (χ3n) is 18.5. The van der Waals surface area contributed by atoms with Crippen LogP contribution in [0.25, 0.3) is 72.0 Å². The van der Waals surface area contributed by atoms with Crippen molar-refractivity contribution in [3.05, 3.63) is 185 Å². The molecule has 3 heteroatoms. The van der Waals surface area contributed by atoms with Crippen LogP contribution in [0.1, 0.15) is 133 Å². The van der Waals surface area contributed by atoms with Gasteiger partial charge >= 0.3 is 6.85 Å². The fourth-order valence-corrected chi connectivity index (χ4v) is 14.5. The predicted molar refractivity (Wildman–Crippen MR) is 299 cm³/mol. The number of aryl methyl sites for hydroxylation is 1. The number of rotatable bonds is 6. The molecule has 0 atom stereocenters. The van der Waals surface area contributed by atoms with Gasteiger partial charge in [-0.25, -0.2) is 0 Å². The van der Waals surface area contributed by atoms with Crippen LogP contribution in [0.3, 0.4) is 0 Å². The van der Waals surface area contributed by atoms with E-state index in [1.807, 2.05) is 0 Å². The van der Waals surface area contributed by atoms with Crippen LogP contribution in [0.5, 0.6) is 0 Å². The van der Waals surface area contributed by atoms with Gasteiger partial charge in [-0.2, -0.15) is 0 Å². The third-order valence-corrected chi connectivity index (χ3v) is 18.5. The molecule has 0 saturated heterocycles. The SMILES string of the molecule is CCCCCc1ccc(N2B3c4cc5c(cc4-n4c6cc7c(cc6c6c(-c8ccc9c(c8)C(C)(C)c8ccccc8-9)cc(c3c64)-c3ccccc32)C(C)(C)CCC7(C)C)-c2ccccc2C5(C)C)cc1. The molecule has 2 nitrogen and oxygen atoms in total. The second kappa shape index (κ2) is 14.3. The summed E-state index contributed by atoms with van der Waals surface area (Å²) in [5.74, 6) is 0. The zero-order valence-corrected chi connectivity index (χ0v) is 42.6. The van der Waals surface area contributed by atoms with Gasteiger partial charge in [0.05, 0.1) is 11.0 Å². The highest BCUT2D eigenvalue weighted by atomic mass is 15.1. The first-order valence-electron chi connectivity index (χ1n) is 26.4. The summed E-state index contributed by atoms with van der Waals surface area (Å²) in [6, 6.07) is 57.9. The Morgan fingerprint density at radius 1 is 0.486 bits per heavy atom. The molecule has 14 rings (SSSR count). The van der Waals surface area contributed by atoms with Gasteiger partial charge in [-0.05, 0) is 174 Å². The molecule has 9 aromatic rings. The van der Waals surface area contributed by atoms with E-state index in [2.05, 4.69) is 217 Å². The van der Waals surface area contributed by atoms with Gasteiger partial charge in [0, 0.05) is 44.2 Å². The molecule has 0 amide bonds. The number of aromatic nitrogens is 1. The lowest BCUT2D eigenvalue weighted by atomic mass is 9.43. The van der Waals surface area contributed by atoms with E-state index in [0.717, 1.165) is 6.42 Å². The molecule has 0 saturated carbocycles. The Labute approximate surface area is 415 Å². The molecule has 70 heavy (non-hydrogen) atoms. The van der Waals surface area contributed by atoms with Crippen LogP contribution < -0.4 is 15.7 Å². The van der Waals surface area contributed by atoms with Crippen LogP contribution in [0.15, 0.2) is 146 Å². The summed E-state index contributed by atoms with van der Waals surface area (Å²) in [4.78, 5) is 2.72. The van der Waals surface area contributed by atoms with Crippen LogP contribution in [0.4, 0.5) is 11.4 Å². The topological polar surface area (TPSA) is 8.17 Å². The molecule has 0 spiro atoms. The molecule has 0 unspecified atom stereocenters. The second-order valence-electron chi connectivity index (χ2n) is 24.1. The van der Waals surface area contributed by atoms with Crippen molar-refractivity contribution in [2.24, 2.45) is 0 Å². The molecule has 0 fully saturated rings. The van der Waals surface area contributed by atoms with Gasteiger partial charge in [-0.3, -0.25) is 0 Å². The minimum absolute atomic E-state index is 0.0536. The van der Waals surface area contributed by atoms with Crippen molar-refractivity contribution in [2.45, 2.75) is 122 Å². The fourth-order valence-electron chi connectivity index (χ4n) is 14.5. The molecule has 0 N–H and O–H groups in total. The standard InChI is InChI=1S/C67H63BN2/c1-10-11-12-19-40-26-29-42(30-27-40)70-58-25-18-15-22-46(58)49-35-47(41-28-31-45-43-20-13-16-23-51(43)66(6,7)53(45)34-41)61-50-36-55-56(65(4,5)33-32-64(55,2)3)39-59(50)69-60-37-48-44-21-14-17-24-52(44)67(8,9)54(48)38-57(60)68(70)62(49)63(61)69/h13-18,20-31,34-39H,10-12,19,32-33H2,1-9H3. The van der Waals surface area contributed by atoms with Crippen molar-refractivity contribution >= 4 is 51.0 Å². The summed E-state index contributed by atoms with van der Waals surface area (Å²) in [6.07, 6.45) is 7.20. The molecule has 0 bridgehead atoms. The number of hydrogen-bond acceptors (Lipinski definition) is 1. The van der Waals surface area contributed by atoms with Crippen molar-refractivity contribution in [3.63, 3.8) is 0 Å². The van der Waals surface area contributed by atoms with E-state index in [-0.39, 0.29) is 28.5 Å². The maximum atomic E-state index is 2.76. The molecule has 2 aliphatic heterocycles. The smallest absolute Gasteiger partial charge is 0.333 e. The molecule has 3 aliphatic carbocycles. The van der Waals surface area contributed by atoms with Gasteiger partial charge in [-0.15, -0.1) is 0 Å². The predicted octanol–water partition coefficient (Wildman–Crippen LogP) is 16.4. The Bertz CT molecular complexity index is 3740. The van der Waals surface area contributed by atoms with E-state index >= 15 is 0 Å². The highest BCUT2D eigenvalue weighted by molar-refractivity contribution is 6.93. The fraction of sp³-hybridized carbons (Fsp3) is 0.284. The lowest BCUT2D eigenvalue weighted by molar-refractivity contribution is 0.332. The van der Waals surface area contributed by atoms with Gasteiger partial charge in [0.2, 0.25) is 0 Å².